The van der Waals surface area contributed by atoms with Crippen LogP contribution in [-0.2, 0) is 6.54 Å². The fourth-order valence-electron chi connectivity index (χ4n) is 2.53. The molecule has 0 atom stereocenters. The van der Waals surface area contributed by atoms with Crippen LogP contribution in [0.4, 0.5) is 17.3 Å². The highest BCUT2D eigenvalue weighted by molar-refractivity contribution is 5.59. The van der Waals surface area contributed by atoms with Crippen LogP contribution in [0.5, 0.6) is 17.2 Å². The minimum Gasteiger partial charge on any atom is -0.497 e. The minimum absolute atomic E-state index is 0.597. The first-order chi connectivity index (χ1) is 13.2. The number of rotatable bonds is 8. The number of nitrogens with one attached hydrogen (secondary N) is 2. The summed E-state index contributed by atoms with van der Waals surface area (Å²) in [5, 5.41) is 6.53. The summed E-state index contributed by atoms with van der Waals surface area (Å²) in [5.74, 6) is 3.62. The van der Waals surface area contributed by atoms with Crippen LogP contribution < -0.4 is 24.8 Å². The summed E-state index contributed by atoms with van der Waals surface area (Å²) in [6.45, 7) is 0.597. The molecule has 0 unspecified atom stereocenters. The zero-order valence-corrected chi connectivity index (χ0v) is 15.5. The Morgan fingerprint density at radius 1 is 0.778 bits per heavy atom. The Morgan fingerprint density at radius 2 is 1.52 bits per heavy atom. The summed E-state index contributed by atoms with van der Waals surface area (Å²) in [6.07, 6.45) is 1.52. The third kappa shape index (κ3) is 4.78. The summed E-state index contributed by atoms with van der Waals surface area (Å²) < 4.78 is 15.8. The lowest BCUT2D eigenvalue weighted by atomic mass is 10.2. The van der Waals surface area contributed by atoms with Crippen LogP contribution in [0.3, 0.4) is 0 Å². The van der Waals surface area contributed by atoms with Gasteiger partial charge in [-0.15, -0.1) is 0 Å². The second kappa shape index (κ2) is 8.75. The Morgan fingerprint density at radius 3 is 2.22 bits per heavy atom. The molecule has 1 heterocycles. The molecule has 0 aliphatic carbocycles. The predicted molar refractivity (Wildman–Crippen MR) is 105 cm³/mol. The monoisotopic (exact) mass is 366 g/mol. The SMILES string of the molecule is COc1ccc(Nc2cc(NCc3ccc(OC)c(OC)c3)ncn2)cc1. The maximum atomic E-state index is 5.33. The molecule has 0 spiro atoms. The lowest BCUT2D eigenvalue weighted by Crippen LogP contribution is -2.03. The Kier molecular flexibility index (Phi) is 5.94. The Labute approximate surface area is 158 Å². The van der Waals surface area contributed by atoms with Gasteiger partial charge in [0.25, 0.3) is 0 Å². The van der Waals surface area contributed by atoms with Gasteiger partial charge in [-0.05, 0) is 42.0 Å². The highest BCUT2D eigenvalue weighted by Gasteiger charge is 2.05. The average Bonchev–Trinajstić information content (AvgIpc) is 2.73. The van der Waals surface area contributed by atoms with Crippen LogP contribution in [0.15, 0.2) is 54.9 Å². The van der Waals surface area contributed by atoms with E-state index in [1.165, 1.54) is 6.33 Å². The summed E-state index contributed by atoms with van der Waals surface area (Å²) >= 11 is 0. The Balaban J connectivity index is 1.65. The molecule has 27 heavy (non-hydrogen) atoms. The maximum absolute atomic E-state index is 5.33. The summed E-state index contributed by atoms with van der Waals surface area (Å²) in [5.41, 5.74) is 1.97. The molecule has 0 aliphatic heterocycles. The van der Waals surface area contributed by atoms with Crippen LogP contribution >= 0.6 is 0 Å². The normalized spacial score (nSPS) is 10.2. The number of hydrogen-bond acceptors (Lipinski definition) is 7. The Bertz CT molecular complexity index is 885. The molecule has 3 aromatic rings. The fraction of sp³-hybridized carbons (Fsp3) is 0.200. The molecular formula is C20H22N4O3. The minimum atomic E-state index is 0.597. The van der Waals surface area contributed by atoms with Gasteiger partial charge in [0.05, 0.1) is 21.3 Å². The van der Waals surface area contributed by atoms with Gasteiger partial charge in [0.15, 0.2) is 11.5 Å². The highest BCUT2D eigenvalue weighted by atomic mass is 16.5. The number of ether oxygens (including phenoxy) is 3. The third-order valence-electron chi connectivity index (χ3n) is 3.95. The van der Waals surface area contributed by atoms with Crippen molar-refractivity contribution >= 4 is 17.3 Å². The van der Waals surface area contributed by atoms with Crippen molar-refractivity contribution in [3.63, 3.8) is 0 Å². The smallest absolute Gasteiger partial charge is 0.161 e. The average molecular weight is 366 g/mol. The van der Waals surface area contributed by atoms with Crippen molar-refractivity contribution in [3.05, 3.63) is 60.4 Å². The van der Waals surface area contributed by atoms with E-state index in [2.05, 4.69) is 20.6 Å². The molecule has 0 saturated heterocycles. The largest absolute Gasteiger partial charge is 0.497 e. The van der Waals surface area contributed by atoms with E-state index < -0.39 is 0 Å². The second-order valence-electron chi connectivity index (χ2n) is 5.68. The molecule has 7 nitrogen and oxygen atoms in total. The number of benzene rings is 2. The van der Waals surface area contributed by atoms with Gasteiger partial charge in [0.2, 0.25) is 0 Å². The number of hydrogen-bond donors (Lipinski definition) is 2. The maximum Gasteiger partial charge on any atom is 0.161 e. The van der Waals surface area contributed by atoms with E-state index in [9.17, 15) is 0 Å². The zero-order chi connectivity index (χ0) is 19.1. The van der Waals surface area contributed by atoms with Gasteiger partial charge in [-0.25, -0.2) is 9.97 Å². The van der Waals surface area contributed by atoms with Crippen molar-refractivity contribution in [2.75, 3.05) is 32.0 Å². The van der Waals surface area contributed by atoms with Crippen molar-refractivity contribution in [2.24, 2.45) is 0 Å². The van der Waals surface area contributed by atoms with Crippen molar-refractivity contribution in [3.8, 4) is 17.2 Å². The molecule has 2 aromatic carbocycles. The fourth-order valence-corrected chi connectivity index (χ4v) is 2.53. The highest BCUT2D eigenvalue weighted by Crippen LogP contribution is 2.28. The number of anilines is 3. The topological polar surface area (TPSA) is 77.5 Å². The standard InChI is InChI=1S/C20H22N4O3/c1-25-16-7-5-15(6-8-16)24-20-11-19(22-13-23-20)21-12-14-4-9-17(26-2)18(10-14)27-3/h4-11,13H,12H2,1-3H3,(H2,21,22,23,24). The van der Waals surface area contributed by atoms with Gasteiger partial charge in [0.1, 0.15) is 23.7 Å². The number of nitrogens with zero attached hydrogens (tertiary/aromatic N) is 2. The van der Waals surface area contributed by atoms with E-state index in [0.717, 1.165) is 22.8 Å². The summed E-state index contributed by atoms with van der Waals surface area (Å²) in [4.78, 5) is 8.51. The molecule has 140 valence electrons. The number of aromatic nitrogens is 2. The quantitative estimate of drug-likeness (QED) is 0.627. The van der Waals surface area contributed by atoms with Gasteiger partial charge in [-0.2, -0.15) is 0 Å². The van der Waals surface area contributed by atoms with E-state index in [1.54, 1.807) is 21.3 Å². The van der Waals surface area contributed by atoms with E-state index in [-0.39, 0.29) is 0 Å². The van der Waals surface area contributed by atoms with Crippen LogP contribution in [0, 0.1) is 0 Å². The van der Waals surface area contributed by atoms with Crippen LogP contribution in [0.1, 0.15) is 5.56 Å². The summed E-state index contributed by atoms with van der Waals surface area (Å²) in [7, 11) is 4.88. The second-order valence-corrected chi connectivity index (χ2v) is 5.68. The molecular weight excluding hydrogens is 344 g/mol. The summed E-state index contributed by atoms with van der Waals surface area (Å²) in [6, 6.07) is 15.3. The van der Waals surface area contributed by atoms with Crippen LogP contribution in [0.2, 0.25) is 0 Å². The first kappa shape index (κ1) is 18.3. The van der Waals surface area contributed by atoms with Gasteiger partial charge >= 0.3 is 0 Å². The number of methoxy groups -OCH3 is 3. The third-order valence-corrected chi connectivity index (χ3v) is 3.95. The molecule has 7 heteroatoms. The molecule has 0 aliphatic rings. The molecule has 0 saturated carbocycles. The van der Waals surface area contributed by atoms with Crippen molar-refractivity contribution < 1.29 is 14.2 Å². The molecule has 2 N–H and O–H groups in total. The van der Waals surface area contributed by atoms with E-state index in [0.29, 0.717) is 23.9 Å². The van der Waals surface area contributed by atoms with E-state index in [4.69, 9.17) is 14.2 Å². The lowest BCUT2D eigenvalue weighted by molar-refractivity contribution is 0.354. The van der Waals surface area contributed by atoms with Crippen LogP contribution in [-0.4, -0.2) is 31.3 Å². The van der Waals surface area contributed by atoms with Crippen molar-refractivity contribution in [2.45, 2.75) is 6.54 Å². The molecule has 0 amide bonds. The van der Waals surface area contributed by atoms with Gasteiger partial charge in [0, 0.05) is 18.3 Å². The van der Waals surface area contributed by atoms with Gasteiger partial charge in [-0.1, -0.05) is 6.07 Å². The van der Waals surface area contributed by atoms with E-state index in [1.807, 2.05) is 48.5 Å². The Hall–Kier alpha value is -3.48. The van der Waals surface area contributed by atoms with Gasteiger partial charge in [-0.3, -0.25) is 0 Å². The molecule has 3 rings (SSSR count). The van der Waals surface area contributed by atoms with Crippen molar-refractivity contribution in [1.29, 1.82) is 0 Å². The lowest BCUT2D eigenvalue weighted by Gasteiger charge is -2.11. The molecule has 0 radical (unpaired) electrons. The van der Waals surface area contributed by atoms with Crippen molar-refractivity contribution in [1.82, 2.24) is 9.97 Å². The predicted octanol–water partition coefficient (Wildman–Crippen LogP) is 3.86. The first-order valence-electron chi connectivity index (χ1n) is 8.39. The zero-order valence-electron chi connectivity index (χ0n) is 15.5. The van der Waals surface area contributed by atoms with Crippen LogP contribution in [0.25, 0.3) is 0 Å². The molecule has 1 aromatic heterocycles. The van der Waals surface area contributed by atoms with Gasteiger partial charge < -0.3 is 24.8 Å². The molecule has 0 fully saturated rings. The molecule has 0 bridgehead atoms. The first-order valence-corrected chi connectivity index (χ1v) is 8.39. The van der Waals surface area contributed by atoms with E-state index >= 15 is 0 Å².